The molecule has 1 fully saturated rings. The topological polar surface area (TPSA) is 20.2 Å². The summed E-state index contributed by atoms with van der Waals surface area (Å²) in [6, 6.07) is 0. The first-order chi connectivity index (χ1) is 6.71. The standard InChI is InChI=1S/C11H13ClOS/c12-9-7-3-1-2-4-8(7)14-10(9)11(13)5-6-11/h13H,1-6H2. The van der Waals surface area contributed by atoms with Gasteiger partial charge in [-0.05, 0) is 44.1 Å². The zero-order valence-electron chi connectivity index (χ0n) is 7.98. The number of halogens is 1. The van der Waals surface area contributed by atoms with Crippen molar-refractivity contribution in [1.29, 1.82) is 0 Å². The lowest BCUT2D eigenvalue weighted by molar-refractivity contribution is 0.155. The van der Waals surface area contributed by atoms with E-state index >= 15 is 0 Å². The highest BCUT2D eigenvalue weighted by molar-refractivity contribution is 7.13. The number of rotatable bonds is 1. The van der Waals surface area contributed by atoms with Crippen molar-refractivity contribution in [3.8, 4) is 0 Å². The molecule has 0 radical (unpaired) electrons. The molecule has 1 aromatic heterocycles. The molecule has 76 valence electrons. The van der Waals surface area contributed by atoms with Crippen LogP contribution in [0.4, 0.5) is 0 Å². The second kappa shape index (κ2) is 2.97. The van der Waals surface area contributed by atoms with Gasteiger partial charge in [-0.1, -0.05) is 11.6 Å². The molecule has 0 bridgehead atoms. The molecule has 0 aliphatic heterocycles. The van der Waals surface area contributed by atoms with Gasteiger partial charge in [-0.3, -0.25) is 0 Å². The maximum atomic E-state index is 10.1. The van der Waals surface area contributed by atoms with Crippen LogP contribution in [0, 0.1) is 0 Å². The van der Waals surface area contributed by atoms with Crippen molar-refractivity contribution in [3.05, 3.63) is 20.3 Å². The number of aliphatic hydroxyl groups is 1. The second-order valence-electron chi connectivity index (χ2n) is 4.39. The zero-order chi connectivity index (χ0) is 9.76. The van der Waals surface area contributed by atoms with E-state index in [-0.39, 0.29) is 0 Å². The summed E-state index contributed by atoms with van der Waals surface area (Å²) in [5.41, 5.74) is 0.789. The minimum Gasteiger partial charge on any atom is -0.384 e. The van der Waals surface area contributed by atoms with Crippen LogP contribution in [0.3, 0.4) is 0 Å². The zero-order valence-corrected chi connectivity index (χ0v) is 9.55. The largest absolute Gasteiger partial charge is 0.384 e. The monoisotopic (exact) mass is 228 g/mol. The molecule has 1 aromatic rings. The molecular formula is C11H13ClOS. The van der Waals surface area contributed by atoms with Gasteiger partial charge in [0.2, 0.25) is 0 Å². The molecule has 1 saturated carbocycles. The van der Waals surface area contributed by atoms with E-state index in [9.17, 15) is 5.11 Å². The van der Waals surface area contributed by atoms with Gasteiger partial charge >= 0.3 is 0 Å². The van der Waals surface area contributed by atoms with Gasteiger partial charge in [0.1, 0.15) is 5.60 Å². The van der Waals surface area contributed by atoms with Gasteiger partial charge in [0.15, 0.2) is 0 Å². The van der Waals surface area contributed by atoms with Crippen molar-refractivity contribution >= 4 is 22.9 Å². The molecule has 14 heavy (non-hydrogen) atoms. The second-order valence-corrected chi connectivity index (χ2v) is 5.87. The molecule has 0 saturated heterocycles. The lowest BCUT2D eigenvalue weighted by atomic mass is 9.98. The fraction of sp³-hybridized carbons (Fsp3) is 0.636. The maximum Gasteiger partial charge on any atom is 0.100 e. The molecule has 3 heteroatoms. The van der Waals surface area contributed by atoms with Gasteiger partial charge < -0.3 is 5.11 Å². The Morgan fingerprint density at radius 1 is 1.21 bits per heavy atom. The van der Waals surface area contributed by atoms with Crippen LogP contribution in [0.15, 0.2) is 0 Å². The fourth-order valence-electron chi connectivity index (χ4n) is 2.17. The molecule has 2 aliphatic rings. The van der Waals surface area contributed by atoms with Crippen LogP contribution >= 0.6 is 22.9 Å². The van der Waals surface area contributed by atoms with E-state index in [2.05, 4.69) is 0 Å². The van der Waals surface area contributed by atoms with Gasteiger partial charge in [-0.25, -0.2) is 0 Å². The van der Waals surface area contributed by atoms with E-state index in [1.165, 1.54) is 23.3 Å². The average Bonchev–Trinajstić information content (AvgIpc) is 2.84. The van der Waals surface area contributed by atoms with Gasteiger partial charge in [-0.2, -0.15) is 0 Å². The van der Waals surface area contributed by atoms with E-state index in [1.54, 1.807) is 11.3 Å². The average molecular weight is 229 g/mol. The Morgan fingerprint density at radius 2 is 1.93 bits per heavy atom. The highest BCUT2D eigenvalue weighted by atomic mass is 35.5. The quantitative estimate of drug-likeness (QED) is 0.783. The normalized spacial score (nSPS) is 23.3. The van der Waals surface area contributed by atoms with Crippen LogP contribution in [-0.4, -0.2) is 5.11 Å². The molecule has 2 aliphatic carbocycles. The molecule has 1 nitrogen and oxygen atoms in total. The summed E-state index contributed by atoms with van der Waals surface area (Å²) in [4.78, 5) is 2.47. The van der Waals surface area contributed by atoms with E-state index in [4.69, 9.17) is 11.6 Å². The molecule has 1 N–H and O–H groups in total. The third-order valence-electron chi connectivity index (χ3n) is 3.25. The minimum atomic E-state index is -0.543. The number of hydrogen-bond acceptors (Lipinski definition) is 2. The molecule has 1 heterocycles. The summed E-state index contributed by atoms with van der Waals surface area (Å²) in [6.07, 6.45) is 6.60. The van der Waals surface area contributed by atoms with Gasteiger partial charge in [0.05, 0.1) is 9.90 Å². The van der Waals surface area contributed by atoms with Crippen LogP contribution in [0.1, 0.15) is 41.0 Å². The molecule has 0 unspecified atom stereocenters. The van der Waals surface area contributed by atoms with Crippen molar-refractivity contribution in [2.75, 3.05) is 0 Å². The Kier molecular flexibility index (Phi) is 1.95. The van der Waals surface area contributed by atoms with E-state index in [0.717, 1.165) is 35.6 Å². The fourth-order valence-corrected chi connectivity index (χ4v) is 4.16. The minimum absolute atomic E-state index is 0.543. The molecule has 0 aromatic carbocycles. The van der Waals surface area contributed by atoms with Crippen molar-refractivity contribution in [2.45, 2.75) is 44.1 Å². The third kappa shape index (κ3) is 1.24. The Labute approximate surface area is 92.7 Å². The first kappa shape index (κ1) is 9.20. The molecule has 0 atom stereocenters. The predicted molar refractivity (Wildman–Crippen MR) is 59.1 cm³/mol. The third-order valence-corrected chi connectivity index (χ3v) is 5.27. The van der Waals surface area contributed by atoms with E-state index in [0.29, 0.717) is 0 Å². The summed E-state index contributed by atoms with van der Waals surface area (Å²) in [7, 11) is 0. The van der Waals surface area contributed by atoms with E-state index < -0.39 is 5.60 Å². The lowest BCUT2D eigenvalue weighted by Crippen LogP contribution is -2.02. The van der Waals surface area contributed by atoms with Crippen LogP contribution in [-0.2, 0) is 18.4 Å². The Balaban J connectivity index is 2.09. The van der Waals surface area contributed by atoms with Crippen molar-refractivity contribution in [1.82, 2.24) is 0 Å². The first-order valence-corrected chi connectivity index (χ1v) is 6.43. The number of hydrogen-bond donors (Lipinski definition) is 1. The summed E-state index contributed by atoms with van der Waals surface area (Å²) in [5, 5.41) is 10.9. The van der Waals surface area contributed by atoms with Gasteiger partial charge in [0.25, 0.3) is 0 Å². The van der Waals surface area contributed by atoms with Gasteiger partial charge in [0, 0.05) is 4.88 Å². The van der Waals surface area contributed by atoms with Crippen LogP contribution in [0.5, 0.6) is 0 Å². The smallest absolute Gasteiger partial charge is 0.100 e. The van der Waals surface area contributed by atoms with Crippen LogP contribution < -0.4 is 0 Å². The first-order valence-electron chi connectivity index (χ1n) is 5.24. The molecular weight excluding hydrogens is 216 g/mol. The number of aryl methyl sites for hydroxylation is 1. The molecule has 0 spiro atoms. The van der Waals surface area contributed by atoms with Crippen molar-refractivity contribution in [2.24, 2.45) is 0 Å². The van der Waals surface area contributed by atoms with E-state index in [1.807, 2.05) is 0 Å². The lowest BCUT2D eigenvalue weighted by Gasteiger charge is -2.10. The van der Waals surface area contributed by atoms with Gasteiger partial charge in [-0.15, -0.1) is 11.3 Å². The summed E-state index contributed by atoms with van der Waals surface area (Å²) >= 11 is 8.07. The highest BCUT2D eigenvalue weighted by Crippen LogP contribution is 2.53. The highest BCUT2D eigenvalue weighted by Gasteiger charge is 2.46. The summed E-state index contributed by atoms with van der Waals surface area (Å²) < 4.78 is 0. The Morgan fingerprint density at radius 3 is 2.57 bits per heavy atom. The summed E-state index contributed by atoms with van der Waals surface area (Å²) in [6.45, 7) is 0. The molecule has 0 amide bonds. The van der Waals surface area contributed by atoms with Crippen molar-refractivity contribution in [3.63, 3.8) is 0 Å². The predicted octanol–water partition coefficient (Wildman–Crippen LogP) is 3.26. The summed E-state index contributed by atoms with van der Waals surface area (Å²) in [5.74, 6) is 0. The Hall–Kier alpha value is -0.0500. The number of thiophene rings is 1. The maximum absolute atomic E-state index is 10.1. The van der Waals surface area contributed by atoms with Crippen LogP contribution in [0.25, 0.3) is 0 Å². The van der Waals surface area contributed by atoms with Crippen molar-refractivity contribution < 1.29 is 5.11 Å². The molecule has 3 rings (SSSR count). The Bertz CT molecular complexity index is 379. The van der Waals surface area contributed by atoms with Crippen LogP contribution in [0.2, 0.25) is 5.02 Å². The number of fused-ring (bicyclic) bond motifs is 1. The SMILES string of the molecule is OC1(c2sc3c(c2Cl)CCCC3)CC1.